The number of carbonyl (C=O) groups is 1. The van der Waals surface area contributed by atoms with Gasteiger partial charge in [-0.05, 0) is 35.0 Å². The van der Waals surface area contributed by atoms with E-state index in [2.05, 4.69) is 31.7 Å². The zero-order valence-electron chi connectivity index (χ0n) is 11.6. The fraction of sp³-hybridized carbons (Fsp3) is 0.214. The van der Waals surface area contributed by atoms with Gasteiger partial charge in [0.25, 0.3) is 5.56 Å². The van der Waals surface area contributed by atoms with Crippen molar-refractivity contribution < 1.29 is 4.79 Å². The molecule has 0 saturated carbocycles. The van der Waals surface area contributed by atoms with Crippen molar-refractivity contribution in [3.63, 3.8) is 0 Å². The van der Waals surface area contributed by atoms with E-state index in [1.165, 1.54) is 10.9 Å². The van der Waals surface area contributed by atoms with Gasteiger partial charge in [-0.2, -0.15) is 5.10 Å². The smallest absolute Gasteiger partial charge is 0.282 e. The van der Waals surface area contributed by atoms with E-state index in [4.69, 9.17) is 0 Å². The van der Waals surface area contributed by atoms with E-state index >= 15 is 0 Å². The molecule has 0 aliphatic rings. The number of anilines is 2. The Balaban J connectivity index is 2.08. The van der Waals surface area contributed by atoms with Crippen molar-refractivity contribution in [2.24, 2.45) is 7.05 Å². The fourth-order valence-electron chi connectivity index (χ4n) is 1.68. The molecule has 2 rings (SSSR count). The first-order valence-electron chi connectivity index (χ1n) is 6.33. The van der Waals surface area contributed by atoms with E-state index < -0.39 is 6.04 Å². The molecular weight excluding hydrogens is 336 g/mol. The van der Waals surface area contributed by atoms with Gasteiger partial charge >= 0.3 is 0 Å². The Morgan fingerprint density at radius 2 is 2.00 bits per heavy atom. The number of para-hydroxylation sites is 1. The summed E-state index contributed by atoms with van der Waals surface area (Å²) in [4.78, 5) is 23.8. The fourth-order valence-corrected chi connectivity index (χ4v) is 2.16. The van der Waals surface area contributed by atoms with Gasteiger partial charge in [0, 0.05) is 12.7 Å². The van der Waals surface area contributed by atoms with Crippen LogP contribution in [0.3, 0.4) is 0 Å². The van der Waals surface area contributed by atoms with E-state index in [-0.39, 0.29) is 11.5 Å². The summed E-state index contributed by atoms with van der Waals surface area (Å²) in [6, 6.07) is 8.65. The maximum Gasteiger partial charge on any atom is 0.282 e. The van der Waals surface area contributed by atoms with Gasteiger partial charge < -0.3 is 10.6 Å². The maximum atomic E-state index is 12.1. The van der Waals surface area contributed by atoms with Crippen molar-refractivity contribution in [2.45, 2.75) is 13.0 Å². The summed E-state index contributed by atoms with van der Waals surface area (Å²) >= 11 is 3.21. The Morgan fingerprint density at radius 3 is 2.67 bits per heavy atom. The number of rotatable bonds is 4. The van der Waals surface area contributed by atoms with E-state index in [1.807, 2.05) is 18.2 Å². The predicted octanol–water partition coefficient (Wildman–Crippen LogP) is 1.98. The molecule has 7 heteroatoms. The van der Waals surface area contributed by atoms with Gasteiger partial charge in [0.1, 0.15) is 10.5 Å². The van der Waals surface area contributed by atoms with E-state index in [9.17, 15) is 9.59 Å². The molecule has 110 valence electrons. The Labute approximate surface area is 130 Å². The molecule has 2 aromatic rings. The lowest BCUT2D eigenvalue weighted by atomic mass is 10.2. The van der Waals surface area contributed by atoms with Crippen LogP contribution in [0.2, 0.25) is 0 Å². The van der Waals surface area contributed by atoms with Crippen molar-refractivity contribution in [2.75, 3.05) is 10.6 Å². The number of hydrogen-bond acceptors (Lipinski definition) is 4. The average Bonchev–Trinajstić information content (AvgIpc) is 2.48. The molecule has 0 aliphatic heterocycles. The number of aromatic nitrogens is 2. The third-order valence-corrected chi connectivity index (χ3v) is 3.65. The molecule has 0 spiro atoms. The molecule has 1 unspecified atom stereocenters. The summed E-state index contributed by atoms with van der Waals surface area (Å²) in [7, 11) is 1.56. The van der Waals surface area contributed by atoms with Gasteiger partial charge in [0.05, 0.1) is 11.9 Å². The predicted molar refractivity (Wildman–Crippen MR) is 85.3 cm³/mol. The first kappa shape index (κ1) is 15.2. The standard InChI is InChI=1S/C14H15BrN4O2/c1-9(13(20)18-10-6-4-3-5-7-10)17-11-8-16-19(2)14(21)12(11)15/h3-9,17H,1-2H3,(H,18,20). The summed E-state index contributed by atoms with van der Waals surface area (Å²) in [6.45, 7) is 1.71. The number of hydrogen-bond donors (Lipinski definition) is 2. The van der Waals surface area contributed by atoms with E-state index in [0.717, 1.165) is 5.69 Å². The highest BCUT2D eigenvalue weighted by molar-refractivity contribution is 9.10. The van der Waals surface area contributed by atoms with Gasteiger partial charge in [0.2, 0.25) is 5.91 Å². The van der Waals surface area contributed by atoms with Crippen LogP contribution in [0.25, 0.3) is 0 Å². The number of aryl methyl sites for hydroxylation is 1. The summed E-state index contributed by atoms with van der Waals surface area (Å²) in [5.74, 6) is -0.200. The van der Waals surface area contributed by atoms with Gasteiger partial charge in [-0.25, -0.2) is 4.68 Å². The molecule has 1 heterocycles. The van der Waals surface area contributed by atoms with Gasteiger partial charge in [-0.15, -0.1) is 0 Å². The lowest BCUT2D eigenvalue weighted by Crippen LogP contribution is -2.33. The Bertz CT molecular complexity index is 700. The molecule has 1 aromatic heterocycles. The number of nitrogens with one attached hydrogen (secondary N) is 2. The highest BCUT2D eigenvalue weighted by Gasteiger charge is 2.15. The van der Waals surface area contributed by atoms with Crippen LogP contribution < -0.4 is 16.2 Å². The van der Waals surface area contributed by atoms with Crippen LogP contribution in [0.5, 0.6) is 0 Å². The minimum atomic E-state index is -0.518. The lowest BCUT2D eigenvalue weighted by molar-refractivity contribution is -0.116. The minimum absolute atomic E-state index is 0.200. The molecule has 1 amide bonds. The van der Waals surface area contributed by atoms with E-state index in [0.29, 0.717) is 10.2 Å². The molecule has 1 aromatic carbocycles. The third-order valence-electron chi connectivity index (χ3n) is 2.88. The van der Waals surface area contributed by atoms with Crippen LogP contribution >= 0.6 is 15.9 Å². The Morgan fingerprint density at radius 1 is 1.33 bits per heavy atom. The molecule has 0 bridgehead atoms. The van der Waals surface area contributed by atoms with Crippen LogP contribution in [-0.4, -0.2) is 21.7 Å². The molecule has 1 atom stereocenters. The number of carbonyl (C=O) groups excluding carboxylic acids is 1. The Kier molecular flexibility index (Phi) is 4.74. The second-order valence-electron chi connectivity index (χ2n) is 4.52. The van der Waals surface area contributed by atoms with Gasteiger partial charge in [0.15, 0.2) is 0 Å². The topological polar surface area (TPSA) is 76.0 Å². The monoisotopic (exact) mass is 350 g/mol. The van der Waals surface area contributed by atoms with Crippen molar-refractivity contribution in [1.29, 1.82) is 0 Å². The van der Waals surface area contributed by atoms with Crippen molar-refractivity contribution in [1.82, 2.24) is 9.78 Å². The number of amides is 1. The maximum absolute atomic E-state index is 12.1. The van der Waals surface area contributed by atoms with Crippen molar-refractivity contribution in [3.05, 3.63) is 51.4 Å². The average molecular weight is 351 g/mol. The molecule has 0 saturated heterocycles. The molecule has 0 aliphatic carbocycles. The number of halogens is 1. The summed E-state index contributed by atoms with van der Waals surface area (Å²) in [5.41, 5.74) is 0.932. The molecular formula is C14H15BrN4O2. The SMILES string of the molecule is CC(Nc1cnn(C)c(=O)c1Br)C(=O)Nc1ccccc1. The van der Waals surface area contributed by atoms with Crippen molar-refractivity contribution >= 4 is 33.2 Å². The van der Waals surface area contributed by atoms with Gasteiger partial charge in [-0.3, -0.25) is 9.59 Å². The Hall–Kier alpha value is -2.15. The van der Waals surface area contributed by atoms with Crippen LogP contribution in [0.1, 0.15) is 6.92 Å². The van der Waals surface area contributed by atoms with Crippen LogP contribution in [0, 0.1) is 0 Å². The molecule has 21 heavy (non-hydrogen) atoms. The molecule has 0 fully saturated rings. The summed E-state index contributed by atoms with van der Waals surface area (Å²) < 4.78 is 1.56. The highest BCUT2D eigenvalue weighted by Crippen LogP contribution is 2.17. The lowest BCUT2D eigenvalue weighted by Gasteiger charge is -2.16. The summed E-state index contributed by atoms with van der Waals surface area (Å²) in [5, 5.41) is 9.67. The molecule has 0 radical (unpaired) electrons. The quantitative estimate of drug-likeness (QED) is 0.883. The zero-order valence-corrected chi connectivity index (χ0v) is 13.2. The molecule has 2 N–H and O–H groups in total. The van der Waals surface area contributed by atoms with Crippen molar-refractivity contribution in [3.8, 4) is 0 Å². The third kappa shape index (κ3) is 3.69. The normalized spacial score (nSPS) is 11.8. The highest BCUT2D eigenvalue weighted by atomic mass is 79.9. The first-order chi connectivity index (χ1) is 9.99. The van der Waals surface area contributed by atoms with Gasteiger partial charge in [-0.1, -0.05) is 18.2 Å². The van der Waals surface area contributed by atoms with Crippen LogP contribution in [0.15, 0.2) is 45.8 Å². The zero-order chi connectivity index (χ0) is 15.4. The molecule has 6 nitrogen and oxygen atoms in total. The van der Waals surface area contributed by atoms with Crippen LogP contribution in [-0.2, 0) is 11.8 Å². The first-order valence-corrected chi connectivity index (χ1v) is 7.12. The number of benzene rings is 1. The number of nitrogens with zero attached hydrogens (tertiary/aromatic N) is 2. The largest absolute Gasteiger partial charge is 0.371 e. The summed E-state index contributed by atoms with van der Waals surface area (Å²) in [6.07, 6.45) is 1.50. The minimum Gasteiger partial charge on any atom is -0.371 e. The second-order valence-corrected chi connectivity index (χ2v) is 5.32. The van der Waals surface area contributed by atoms with E-state index in [1.54, 1.807) is 26.1 Å². The second kappa shape index (κ2) is 6.53. The van der Waals surface area contributed by atoms with Crippen LogP contribution in [0.4, 0.5) is 11.4 Å².